The number of carbonyl (C=O) groups is 2. The number of carbonyl (C=O) groups excluding carboxylic acids is 1. The number of amides is 1. The molecule has 0 aliphatic carbocycles. The topological polar surface area (TPSA) is 88.1 Å². The van der Waals surface area contributed by atoms with E-state index in [-0.39, 0.29) is 18.1 Å². The highest BCUT2D eigenvalue weighted by Crippen LogP contribution is 2.30. The van der Waals surface area contributed by atoms with Crippen molar-refractivity contribution in [3.05, 3.63) is 95.1 Å². The summed E-state index contributed by atoms with van der Waals surface area (Å²) in [6, 6.07) is 23.3. The van der Waals surface area contributed by atoms with Gasteiger partial charge in [0.1, 0.15) is 6.04 Å². The highest BCUT2D eigenvalue weighted by atomic mass is 32.2. The van der Waals surface area contributed by atoms with Gasteiger partial charge in [-0.1, -0.05) is 60.7 Å². The molecule has 1 saturated heterocycles. The van der Waals surface area contributed by atoms with Gasteiger partial charge in [-0.05, 0) is 71.7 Å². The van der Waals surface area contributed by atoms with E-state index in [1.807, 2.05) is 67.8 Å². The number of rotatable bonds is 14. The Bertz CT molecular complexity index is 1300. The van der Waals surface area contributed by atoms with Crippen molar-refractivity contribution in [3.8, 4) is 11.1 Å². The van der Waals surface area contributed by atoms with E-state index >= 15 is 0 Å². The average molecular weight is 577 g/mol. The minimum absolute atomic E-state index is 0.135. The van der Waals surface area contributed by atoms with Crippen LogP contribution in [0.15, 0.2) is 72.8 Å². The van der Waals surface area contributed by atoms with Crippen LogP contribution in [0.1, 0.15) is 39.9 Å². The van der Waals surface area contributed by atoms with Crippen molar-refractivity contribution in [2.24, 2.45) is 0 Å². The van der Waals surface area contributed by atoms with E-state index in [0.29, 0.717) is 37.5 Å². The predicted molar refractivity (Wildman–Crippen MR) is 164 cm³/mol. The quantitative estimate of drug-likeness (QED) is 0.266. The van der Waals surface area contributed by atoms with Gasteiger partial charge in [0.05, 0.1) is 19.3 Å². The van der Waals surface area contributed by atoms with Gasteiger partial charge < -0.3 is 19.9 Å². The Balaban J connectivity index is 1.55. The summed E-state index contributed by atoms with van der Waals surface area (Å²) in [4.78, 5) is 27.6. The first-order valence-electron chi connectivity index (χ1n) is 14.0. The van der Waals surface area contributed by atoms with E-state index in [4.69, 9.17) is 9.47 Å². The van der Waals surface area contributed by atoms with Crippen LogP contribution in [0.2, 0.25) is 0 Å². The number of carboxylic acid groups (broad SMARTS) is 1. The lowest BCUT2D eigenvalue weighted by atomic mass is 9.93. The molecule has 3 aromatic carbocycles. The molecule has 3 unspecified atom stereocenters. The first kappa shape index (κ1) is 30.8. The van der Waals surface area contributed by atoms with Crippen molar-refractivity contribution in [3.63, 3.8) is 0 Å². The van der Waals surface area contributed by atoms with Crippen LogP contribution in [0.5, 0.6) is 0 Å². The molecule has 1 aliphatic rings. The summed E-state index contributed by atoms with van der Waals surface area (Å²) >= 11 is 1.56. The summed E-state index contributed by atoms with van der Waals surface area (Å²) in [5.74, 6) is -0.755. The average Bonchev–Trinajstić information content (AvgIpc) is 3.37. The zero-order chi connectivity index (χ0) is 29.2. The van der Waals surface area contributed by atoms with Gasteiger partial charge in [0.25, 0.3) is 5.91 Å². The summed E-state index contributed by atoms with van der Waals surface area (Å²) in [5, 5.41) is 12.4. The number of methoxy groups -OCH3 is 1. The lowest BCUT2D eigenvalue weighted by Gasteiger charge is -2.25. The van der Waals surface area contributed by atoms with Crippen molar-refractivity contribution >= 4 is 23.6 Å². The van der Waals surface area contributed by atoms with E-state index in [9.17, 15) is 14.7 Å². The molecule has 1 amide bonds. The van der Waals surface area contributed by atoms with E-state index in [1.165, 1.54) is 0 Å². The largest absolute Gasteiger partial charge is 0.480 e. The monoisotopic (exact) mass is 576 g/mol. The molecule has 4 rings (SSSR count). The minimum Gasteiger partial charge on any atom is -0.480 e. The molecule has 0 spiro atoms. The lowest BCUT2D eigenvalue weighted by Crippen LogP contribution is -2.41. The summed E-state index contributed by atoms with van der Waals surface area (Å²) in [7, 11) is 1.75. The molecule has 0 saturated carbocycles. The van der Waals surface area contributed by atoms with Crippen LogP contribution in [-0.2, 0) is 27.4 Å². The second kappa shape index (κ2) is 15.2. The number of ether oxygens (including phenoxy) is 2. The number of aryl methyl sites for hydroxylation is 1. The molecule has 8 heteroatoms. The molecule has 3 aromatic rings. The van der Waals surface area contributed by atoms with E-state index < -0.39 is 12.0 Å². The highest BCUT2D eigenvalue weighted by molar-refractivity contribution is 7.98. The van der Waals surface area contributed by atoms with Crippen molar-refractivity contribution < 1.29 is 24.2 Å². The lowest BCUT2D eigenvalue weighted by molar-refractivity contribution is -0.139. The third kappa shape index (κ3) is 8.42. The van der Waals surface area contributed by atoms with Crippen molar-refractivity contribution in [2.45, 2.75) is 51.1 Å². The Kier molecular flexibility index (Phi) is 11.4. The van der Waals surface area contributed by atoms with Crippen molar-refractivity contribution in [2.75, 3.05) is 32.3 Å². The van der Waals surface area contributed by atoms with Gasteiger partial charge in [-0.2, -0.15) is 11.8 Å². The molecule has 0 bridgehead atoms. The number of hydrogen-bond acceptors (Lipinski definition) is 6. The normalized spacial score (nSPS) is 17.8. The molecule has 7 nitrogen and oxygen atoms in total. The number of benzene rings is 3. The molecule has 218 valence electrons. The second-order valence-corrected chi connectivity index (χ2v) is 11.5. The number of hydrogen-bond donors (Lipinski definition) is 2. The molecule has 41 heavy (non-hydrogen) atoms. The number of aliphatic carboxylic acids is 1. The van der Waals surface area contributed by atoms with Crippen molar-refractivity contribution in [1.82, 2.24) is 10.2 Å². The van der Waals surface area contributed by atoms with E-state index in [1.54, 1.807) is 18.9 Å². The van der Waals surface area contributed by atoms with Gasteiger partial charge in [0.15, 0.2) is 0 Å². The number of nitrogens with zero attached hydrogens (tertiary/aromatic N) is 1. The Morgan fingerprint density at radius 2 is 1.80 bits per heavy atom. The minimum atomic E-state index is -1.02. The van der Waals surface area contributed by atoms with Gasteiger partial charge >= 0.3 is 5.97 Å². The number of thioether (sulfide) groups is 1. The maximum absolute atomic E-state index is 13.4. The smallest absolute Gasteiger partial charge is 0.326 e. The molecule has 0 aromatic heterocycles. The number of likely N-dealkylation sites (tertiary alicyclic amines) is 1. The summed E-state index contributed by atoms with van der Waals surface area (Å²) in [5.41, 5.74) is 5.49. The maximum Gasteiger partial charge on any atom is 0.326 e. The molecule has 1 aliphatic heterocycles. The van der Waals surface area contributed by atoms with Crippen LogP contribution in [-0.4, -0.2) is 72.3 Å². The van der Waals surface area contributed by atoms with Crippen LogP contribution in [0.25, 0.3) is 11.1 Å². The summed E-state index contributed by atoms with van der Waals surface area (Å²) < 4.78 is 11.8. The summed E-state index contributed by atoms with van der Waals surface area (Å²) in [6.45, 7) is 4.68. The van der Waals surface area contributed by atoms with Crippen LogP contribution in [0, 0.1) is 6.92 Å². The maximum atomic E-state index is 13.4. The Hall–Kier alpha value is -3.17. The molecular weight excluding hydrogens is 536 g/mol. The van der Waals surface area contributed by atoms with E-state index in [0.717, 1.165) is 40.8 Å². The Morgan fingerprint density at radius 3 is 2.51 bits per heavy atom. The van der Waals surface area contributed by atoms with Gasteiger partial charge in [-0.25, -0.2) is 4.79 Å². The van der Waals surface area contributed by atoms with Crippen molar-refractivity contribution in [1.29, 1.82) is 0 Å². The molecule has 3 atom stereocenters. The third-order valence-corrected chi connectivity index (χ3v) is 8.25. The standard InChI is InChI=1S/C33H40N2O5S/c1-23-9-7-8-12-28(23)30-17-25(13-14-29(30)32(36)34-31(33(37)38)15-16-41-3)19-35-20-27(39-2)18-26(35)22-40-21-24-10-5-4-6-11-24/h4-14,17,26-27,31H,15-16,18-22H2,1-3H3,(H,34,36)(H,37,38). The zero-order valence-corrected chi connectivity index (χ0v) is 24.9. The fraction of sp³-hybridized carbons (Fsp3) is 0.394. The fourth-order valence-electron chi connectivity index (χ4n) is 5.31. The van der Waals surface area contributed by atoms with Crippen LogP contribution in [0.4, 0.5) is 0 Å². The Morgan fingerprint density at radius 1 is 1.05 bits per heavy atom. The van der Waals surface area contributed by atoms with Gasteiger partial charge in [0, 0.05) is 31.8 Å². The van der Waals surface area contributed by atoms with Gasteiger partial charge in [-0.15, -0.1) is 0 Å². The van der Waals surface area contributed by atoms with Crippen LogP contribution in [0.3, 0.4) is 0 Å². The highest BCUT2D eigenvalue weighted by Gasteiger charge is 2.32. The molecule has 1 fully saturated rings. The zero-order valence-electron chi connectivity index (χ0n) is 24.0. The SMILES string of the molecule is COC1CC(COCc2ccccc2)N(Cc2ccc(C(=O)NC(CCSC)C(=O)O)c(-c3ccccc3C)c2)C1. The first-order chi connectivity index (χ1) is 19.9. The molecule has 1 heterocycles. The molecule has 2 N–H and O–H groups in total. The first-order valence-corrected chi connectivity index (χ1v) is 15.4. The van der Waals surface area contributed by atoms with Crippen LogP contribution < -0.4 is 5.32 Å². The number of carboxylic acids is 1. The molecule has 0 radical (unpaired) electrons. The van der Waals surface area contributed by atoms with E-state index in [2.05, 4.69) is 28.4 Å². The molecular formula is C33H40N2O5S. The fourth-order valence-corrected chi connectivity index (χ4v) is 5.78. The Labute approximate surface area is 247 Å². The van der Waals surface area contributed by atoms with Gasteiger partial charge in [0.2, 0.25) is 0 Å². The predicted octanol–water partition coefficient (Wildman–Crippen LogP) is 5.40. The summed E-state index contributed by atoms with van der Waals surface area (Å²) in [6.07, 6.45) is 3.31. The van der Waals surface area contributed by atoms with Crippen LogP contribution >= 0.6 is 11.8 Å². The second-order valence-electron chi connectivity index (χ2n) is 10.5. The number of nitrogens with one attached hydrogen (secondary N) is 1. The van der Waals surface area contributed by atoms with Gasteiger partial charge in [-0.3, -0.25) is 9.69 Å². The third-order valence-electron chi connectivity index (χ3n) is 7.61.